The van der Waals surface area contributed by atoms with Crippen molar-refractivity contribution < 1.29 is 23.6 Å². The number of amides is 2. The molecular formula is C24H25N2O5P. The van der Waals surface area contributed by atoms with Gasteiger partial charge < -0.3 is 14.0 Å². The third-order valence-corrected chi connectivity index (χ3v) is 7.18. The molecule has 3 rings (SSSR count). The normalized spacial score (nSPS) is 10.7. The molecule has 166 valence electrons. The van der Waals surface area contributed by atoms with Crippen molar-refractivity contribution in [2.45, 2.75) is 13.8 Å². The molecule has 0 aliphatic rings. The van der Waals surface area contributed by atoms with Crippen LogP contribution in [0.2, 0.25) is 0 Å². The van der Waals surface area contributed by atoms with Gasteiger partial charge in [-0.05, 0) is 13.8 Å². The maximum atomic E-state index is 13.8. The molecule has 0 fully saturated rings. The van der Waals surface area contributed by atoms with Crippen molar-refractivity contribution in [3.8, 4) is 0 Å². The Morgan fingerprint density at radius 1 is 0.625 bits per heavy atom. The van der Waals surface area contributed by atoms with Crippen LogP contribution in [0.25, 0.3) is 0 Å². The molecule has 0 aromatic heterocycles. The lowest BCUT2D eigenvalue weighted by Crippen LogP contribution is -2.24. The SMILES string of the molecule is CCOC(=O)/N=N/C(=O)OCC.O=P(c1ccccc1)(c1ccccc1)c1ccccc1. The van der Waals surface area contributed by atoms with Gasteiger partial charge in [-0.1, -0.05) is 101 Å². The van der Waals surface area contributed by atoms with E-state index in [-0.39, 0.29) is 13.2 Å². The van der Waals surface area contributed by atoms with Crippen molar-refractivity contribution in [2.24, 2.45) is 10.2 Å². The van der Waals surface area contributed by atoms with Crippen molar-refractivity contribution >= 4 is 35.2 Å². The van der Waals surface area contributed by atoms with Crippen LogP contribution in [0.15, 0.2) is 101 Å². The average Bonchev–Trinajstić information content (AvgIpc) is 2.85. The number of benzene rings is 3. The van der Waals surface area contributed by atoms with Gasteiger partial charge in [0, 0.05) is 15.9 Å². The Balaban J connectivity index is 0.000000262. The summed E-state index contributed by atoms with van der Waals surface area (Å²) in [6.07, 6.45) is -1.80. The average molecular weight is 452 g/mol. The van der Waals surface area contributed by atoms with E-state index in [0.717, 1.165) is 15.9 Å². The van der Waals surface area contributed by atoms with E-state index < -0.39 is 19.3 Å². The van der Waals surface area contributed by atoms with Gasteiger partial charge in [-0.25, -0.2) is 9.59 Å². The first-order valence-corrected chi connectivity index (χ1v) is 11.7. The Bertz CT molecular complexity index is 934. The second-order valence-electron chi connectivity index (χ2n) is 6.21. The number of rotatable bonds is 5. The Kier molecular flexibility index (Phi) is 10.0. The summed E-state index contributed by atoms with van der Waals surface area (Å²) in [5.41, 5.74) is 0. The fourth-order valence-corrected chi connectivity index (χ4v) is 5.42. The molecule has 3 aromatic carbocycles. The summed E-state index contributed by atoms with van der Waals surface area (Å²) in [5, 5.41) is 8.46. The lowest BCUT2D eigenvalue weighted by molar-refractivity contribution is 0.152. The van der Waals surface area contributed by atoms with E-state index in [1.807, 2.05) is 91.0 Å². The number of azo groups is 1. The maximum absolute atomic E-state index is 13.8. The van der Waals surface area contributed by atoms with Gasteiger partial charge in [0.05, 0.1) is 13.2 Å². The van der Waals surface area contributed by atoms with Crippen molar-refractivity contribution in [3.05, 3.63) is 91.0 Å². The molecule has 0 spiro atoms. The predicted molar refractivity (Wildman–Crippen MR) is 125 cm³/mol. The van der Waals surface area contributed by atoms with Crippen LogP contribution in [0.3, 0.4) is 0 Å². The molecule has 0 saturated heterocycles. The first-order chi connectivity index (χ1) is 15.5. The molecule has 0 saturated carbocycles. The standard InChI is InChI=1S/C18H15OP.C6H10N2O4/c19-20(16-10-4-1-5-11-16,17-12-6-2-7-13-17)18-14-8-3-9-15-18;1-3-11-5(9)7-8-6(10)12-4-2/h1-15H;3-4H2,1-2H3/b;8-7+. The van der Waals surface area contributed by atoms with E-state index in [9.17, 15) is 14.2 Å². The highest BCUT2D eigenvalue weighted by Crippen LogP contribution is 2.41. The zero-order chi connectivity index (χ0) is 23.2. The summed E-state index contributed by atoms with van der Waals surface area (Å²) < 4.78 is 22.5. The number of hydrogen-bond donors (Lipinski definition) is 0. The quantitative estimate of drug-likeness (QED) is 0.398. The third-order valence-electron chi connectivity index (χ3n) is 4.11. The number of carbonyl (C=O) groups excluding carboxylic acids is 2. The van der Waals surface area contributed by atoms with Crippen LogP contribution in [-0.2, 0) is 14.0 Å². The number of hydrogen-bond acceptors (Lipinski definition) is 5. The summed E-state index contributed by atoms with van der Waals surface area (Å²) in [6, 6.07) is 29.1. The van der Waals surface area contributed by atoms with E-state index in [1.54, 1.807) is 13.8 Å². The Morgan fingerprint density at radius 2 is 0.906 bits per heavy atom. The summed E-state index contributed by atoms with van der Waals surface area (Å²) in [7, 11) is -2.78. The minimum atomic E-state index is -2.78. The lowest BCUT2D eigenvalue weighted by Gasteiger charge is -2.19. The first kappa shape index (κ1) is 24.7. The summed E-state index contributed by atoms with van der Waals surface area (Å²) in [6.45, 7) is 3.64. The molecule has 0 radical (unpaired) electrons. The molecule has 0 aliphatic carbocycles. The highest BCUT2D eigenvalue weighted by atomic mass is 31.2. The minimum absolute atomic E-state index is 0.195. The predicted octanol–water partition coefficient (Wildman–Crippen LogP) is 5.08. The first-order valence-electron chi connectivity index (χ1n) is 10.0. The molecule has 0 bridgehead atoms. The van der Waals surface area contributed by atoms with E-state index in [4.69, 9.17) is 0 Å². The highest BCUT2D eigenvalue weighted by Gasteiger charge is 2.28. The zero-order valence-corrected chi connectivity index (χ0v) is 18.9. The Hall–Kier alpha value is -3.57. The number of ether oxygens (including phenoxy) is 2. The van der Waals surface area contributed by atoms with Crippen molar-refractivity contribution in [1.82, 2.24) is 0 Å². The summed E-state index contributed by atoms with van der Waals surface area (Å²) in [5.74, 6) is 0. The minimum Gasteiger partial charge on any atom is -0.447 e. The molecule has 3 aromatic rings. The fraction of sp³-hybridized carbons (Fsp3) is 0.167. The lowest BCUT2D eigenvalue weighted by atomic mass is 10.4. The van der Waals surface area contributed by atoms with Crippen LogP contribution >= 0.6 is 7.14 Å². The zero-order valence-electron chi connectivity index (χ0n) is 18.0. The summed E-state index contributed by atoms with van der Waals surface area (Å²) in [4.78, 5) is 20.9. The van der Waals surface area contributed by atoms with Gasteiger partial charge in [-0.3, -0.25) is 0 Å². The van der Waals surface area contributed by atoms with Gasteiger partial charge >= 0.3 is 12.2 Å². The smallest absolute Gasteiger partial charge is 0.447 e. The maximum Gasteiger partial charge on any atom is 0.452 e. The molecule has 0 heterocycles. The molecule has 0 atom stereocenters. The molecule has 0 aliphatic heterocycles. The van der Waals surface area contributed by atoms with E-state index in [1.165, 1.54) is 0 Å². The van der Waals surface area contributed by atoms with Crippen LogP contribution in [0.5, 0.6) is 0 Å². The Morgan fingerprint density at radius 3 is 1.16 bits per heavy atom. The van der Waals surface area contributed by atoms with Crippen molar-refractivity contribution in [3.63, 3.8) is 0 Å². The molecule has 0 unspecified atom stereocenters. The van der Waals surface area contributed by atoms with Gasteiger partial charge in [0.15, 0.2) is 7.14 Å². The molecule has 2 amide bonds. The largest absolute Gasteiger partial charge is 0.452 e. The van der Waals surface area contributed by atoms with Crippen LogP contribution in [0.1, 0.15) is 13.8 Å². The topological polar surface area (TPSA) is 94.4 Å². The van der Waals surface area contributed by atoms with Gasteiger partial charge in [0.2, 0.25) is 0 Å². The van der Waals surface area contributed by atoms with E-state index >= 15 is 0 Å². The number of carbonyl (C=O) groups is 2. The van der Waals surface area contributed by atoms with Crippen molar-refractivity contribution in [2.75, 3.05) is 13.2 Å². The highest BCUT2D eigenvalue weighted by molar-refractivity contribution is 7.85. The second kappa shape index (κ2) is 13.0. The van der Waals surface area contributed by atoms with E-state index in [0.29, 0.717) is 0 Å². The van der Waals surface area contributed by atoms with Gasteiger partial charge in [0.1, 0.15) is 0 Å². The Labute approximate surface area is 187 Å². The molecular weight excluding hydrogens is 427 g/mol. The summed E-state index contributed by atoms with van der Waals surface area (Å²) >= 11 is 0. The molecule has 8 heteroatoms. The monoisotopic (exact) mass is 452 g/mol. The van der Waals surface area contributed by atoms with Gasteiger partial charge in [-0.2, -0.15) is 0 Å². The third kappa shape index (κ3) is 7.00. The van der Waals surface area contributed by atoms with Crippen LogP contribution in [0, 0.1) is 0 Å². The number of nitrogens with zero attached hydrogens (tertiary/aromatic N) is 2. The van der Waals surface area contributed by atoms with Gasteiger partial charge in [0.25, 0.3) is 0 Å². The van der Waals surface area contributed by atoms with Crippen LogP contribution in [-0.4, -0.2) is 25.4 Å². The van der Waals surface area contributed by atoms with Crippen LogP contribution in [0.4, 0.5) is 9.59 Å². The van der Waals surface area contributed by atoms with Crippen molar-refractivity contribution in [1.29, 1.82) is 0 Å². The fourth-order valence-electron chi connectivity index (χ4n) is 2.75. The molecule has 0 N–H and O–H groups in total. The molecule has 7 nitrogen and oxygen atoms in total. The van der Waals surface area contributed by atoms with Gasteiger partial charge in [-0.15, -0.1) is 0 Å². The molecule has 32 heavy (non-hydrogen) atoms. The second-order valence-corrected chi connectivity index (χ2v) is 8.98. The van der Waals surface area contributed by atoms with Crippen LogP contribution < -0.4 is 15.9 Å². The van der Waals surface area contributed by atoms with E-state index in [2.05, 4.69) is 19.7 Å².